The number of anilines is 1. The summed E-state index contributed by atoms with van der Waals surface area (Å²) in [4.78, 5) is 0.720. The van der Waals surface area contributed by atoms with Crippen LogP contribution in [0.1, 0.15) is 5.56 Å². The van der Waals surface area contributed by atoms with Gasteiger partial charge in [0, 0.05) is 18.1 Å². The molecule has 2 N–H and O–H groups in total. The van der Waals surface area contributed by atoms with Crippen LogP contribution in [0.2, 0.25) is 0 Å². The highest BCUT2D eigenvalue weighted by molar-refractivity contribution is 7.85. The minimum atomic E-state index is -1.08. The van der Waals surface area contributed by atoms with E-state index in [0.29, 0.717) is 18.0 Å². The van der Waals surface area contributed by atoms with Gasteiger partial charge in [0.2, 0.25) is 0 Å². The molecule has 4 nitrogen and oxygen atoms in total. The summed E-state index contributed by atoms with van der Waals surface area (Å²) < 4.78 is 13.9. The molecule has 0 spiro atoms. The van der Waals surface area contributed by atoms with E-state index in [1.807, 2.05) is 37.4 Å². The van der Waals surface area contributed by atoms with Gasteiger partial charge in [-0.1, -0.05) is 12.1 Å². The fraction of sp³-hybridized carbons (Fsp3) is 0.250. The third kappa shape index (κ3) is 2.74. The van der Waals surface area contributed by atoms with Gasteiger partial charge in [-0.2, -0.15) is 5.10 Å². The van der Waals surface area contributed by atoms with Crippen LogP contribution < -0.4 is 5.73 Å². The lowest BCUT2D eigenvalue weighted by atomic mass is 10.2. The van der Waals surface area contributed by atoms with Crippen LogP contribution in [-0.2, 0) is 17.3 Å². The number of nitrogens with zero attached hydrogens (tertiary/aromatic N) is 2. The number of aryl methyl sites for hydroxylation is 2. The monoisotopic (exact) mass is 249 g/mol. The second kappa shape index (κ2) is 5.14. The van der Waals surface area contributed by atoms with Crippen LogP contribution in [0.5, 0.6) is 0 Å². The van der Waals surface area contributed by atoms with E-state index in [1.54, 1.807) is 10.9 Å². The number of hydrogen-bond donors (Lipinski definition) is 1. The van der Waals surface area contributed by atoms with Crippen molar-refractivity contribution in [3.8, 4) is 0 Å². The predicted molar refractivity (Wildman–Crippen MR) is 69.1 cm³/mol. The number of nitrogen functional groups attached to an aromatic ring is 1. The van der Waals surface area contributed by atoms with Gasteiger partial charge in [0.05, 0.1) is 27.9 Å². The molecule has 0 aliphatic carbocycles. The second-order valence-corrected chi connectivity index (χ2v) is 5.34. The Bertz CT molecular complexity index is 523. The topological polar surface area (TPSA) is 60.9 Å². The summed E-state index contributed by atoms with van der Waals surface area (Å²) in [6, 6.07) is 7.47. The summed E-state index contributed by atoms with van der Waals surface area (Å²) >= 11 is 0. The summed E-state index contributed by atoms with van der Waals surface area (Å²) in [5.74, 6) is 0.523. The van der Waals surface area contributed by atoms with Gasteiger partial charge < -0.3 is 5.73 Å². The van der Waals surface area contributed by atoms with Gasteiger partial charge >= 0.3 is 0 Å². The SMILES string of the molecule is Cc1cccc(S(=O)CCn2cccn2)c1N. The van der Waals surface area contributed by atoms with Crippen molar-refractivity contribution in [3.63, 3.8) is 0 Å². The van der Waals surface area contributed by atoms with Crippen molar-refractivity contribution in [3.05, 3.63) is 42.2 Å². The van der Waals surface area contributed by atoms with Crippen LogP contribution in [0.25, 0.3) is 0 Å². The zero-order valence-corrected chi connectivity index (χ0v) is 10.5. The molecule has 1 heterocycles. The fourth-order valence-electron chi connectivity index (χ4n) is 1.57. The Morgan fingerprint density at radius 3 is 2.94 bits per heavy atom. The average molecular weight is 249 g/mol. The lowest BCUT2D eigenvalue weighted by molar-refractivity contribution is 0.644. The molecule has 90 valence electrons. The molecule has 17 heavy (non-hydrogen) atoms. The first-order valence-electron chi connectivity index (χ1n) is 5.39. The summed E-state index contributed by atoms with van der Waals surface area (Å²) in [6.07, 6.45) is 3.57. The van der Waals surface area contributed by atoms with E-state index in [1.165, 1.54) is 0 Å². The molecule has 0 saturated carbocycles. The third-order valence-corrected chi connectivity index (χ3v) is 3.99. The number of rotatable bonds is 4. The van der Waals surface area contributed by atoms with Crippen molar-refractivity contribution >= 4 is 16.5 Å². The highest BCUT2D eigenvalue weighted by Crippen LogP contribution is 2.20. The van der Waals surface area contributed by atoms with Gasteiger partial charge in [-0.05, 0) is 24.6 Å². The van der Waals surface area contributed by atoms with Crippen LogP contribution in [0, 0.1) is 6.92 Å². The molecule has 1 aromatic heterocycles. The molecule has 2 rings (SSSR count). The third-order valence-electron chi connectivity index (χ3n) is 2.59. The van der Waals surface area contributed by atoms with Gasteiger partial charge in [-0.3, -0.25) is 8.89 Å². The van der Waals surface area contributed by atoms with Crippen molar-refractivity contribution in [1.82, 2.24) is 9.78 Å². The lowest BCUT2D eigenvalue weighted by Gasteiger charge is -2.08. The molecule has 0 fully saturated rings. The van der Waals surface area contributed by atoms with E-state index in [0.717, 1.165) is 10.5 Å². The normalized spacial score (nSPS) is 12.5. The van der Waals surface area contributed by atoms with Crippen molar-refractivity contribution < 1.29 is 4.21 Å². The maximum absolute atomic E-state index is 12.1. The molecule has 0 aliphatic heterocycles. The first-order chi connectivity index (χ1) is 8.18. The van der Waals surface area contributed by atoms with Gasteiger partial charge in [0.15, 0.2) is 0 Å². The van der Waals surface area contributed by atoms with Crippen molar-refractivity contribution in [2.24, 2.45) is 0 Å². The quantitative estimate of drug-likeness (QED) is 0.837. The van der Waals surface area contributed by atoms with E-state index in [4.69, 9.17) is 5.73 Å². The highest BCUT2D eigenvalue weighted by atomic mass is 32.2. The molecule has 0 saturated heterocycles. The van der Waals surface area contributed by atoms with Crippen molar-refractivity contribution in [1.29, 1.82) is 0 Å². The van der Waals surface area contributed by atoms with E-state index < -0.39 is 10.8 Å². The molecule has 0 bridgehead atoms. The zero-order chi connectivity index (χ0) is 12.3. The number of benzene rings is 1. The van der Waals surface area contributed by atoms with Gasteiger partial charge in [0.25, 0.3) is 0 Å². The first-order valence-corrected chi connectivity index (χ1v) is 6.71. The highest BCUT2D eigenvalue weighted by Gasteiger charge is 2.09. The Morgan fingerprint density at radius 1 is 1.41 bits per heavy atom. The summed E-state index contributed by atoms with van der Waals surface area (Å²) in [6.45, 7) is 2.55. The Morgan fingerprint density at radius 2 is 2.24 bits per heavy atom. The number of para-hydroxylation sites is 1. The van der Waals surface area contributed by atoms with Gasteiger partial charge in [-0.25, -0.2) is 0 Å². The van der Waals surface area contributed by atoms with Crippen molar-refractivity contribution in [2.75, 3.05) is 11.5 Å². The molecular formula is C12H15N3OS. The minimum absolute atomic E-state index is 0.523. The van der Waals surface area contributed by atoms with E-state index >= 15 is 0 Å². The Hall–Kier alpha value is -1.62. The van der Waals surface area contributed by atoms with Crippen LogP contribution in [0.3, 0.4) is 0 Å². The Labute approximate surface area is 103 Å². The standard InChI is InChI=1S/C12H15N3OS/c1-10-4-2-5-11(12(10)13)17(16)9-8-15-7-3-6-14-15/h2-7H,8-9,13H2,1H3. The molecular weight excluding hydrogens is 234 g/mol. The molecule has 0 radical (unpaired) electrons. The maximum atomic E-state index is 12.1. The van der Waals surface area contributed by atoms with Crippen LogP contribution in [0.4, 0.5) is 5.69 Å². The number of aromatic nitrogens is 2. The number of nitrogens with two attached hydrogens (primary N) is 1. The van der Waals surface area contributed by atoms with E-state index in [2.05, 4.69) is 5.10 Å². The summed E-state index contributed by atoms with van der Waals surface area (Å²) in [5, 5.41) is 4.07. The minimum Gasteiger partial charge on any atom is -0.398 e. The van der Waals surface area contributed by atoms with Crippen LogP contribution in [-0.4, -0.2) is 19.7 Å². The fourth-order valence-corrected chi connectivity index (χ4v) is 2.78. The first kappa shape index (κ1) is 11.9. The largest absolute Gasteiger partial charge is 0.398 e. The second-order valence-electron chi connectivity index (χ2n) is 3.81. The average Bonchev–Trinajstić information content (AvgIpc) is 2.82. The Kier molecular flexibility index (Phi) is 3.58. The molecule has 0 amide bonds. The van der Waals surface area contributed by atoms with Gasteiger partial charge in [0.1, 0.15) is 0 Å². The summed E-state index contributed by atoms with van der Waals surface area (Å²) in [7, 11) is -1.08. The molecule has 0 aliphatic rings. The lowest BCUT2D eigenvalue weighted by Crippen LogP contribution is -2.10. The molecule has 1 aromatic carbocycles. The molecule has 2 aromatic rings. The smallest absolute Gasteiger partial charge is 0.0620 e. The van der Waals surface area contributed by atoms with Crippen LogP contribution in [0.15, 0.2) is 41.6 Å². The van der Waals surface area contributed by atoms with E-state index in [9.17, 15) is 4.21 Å². The molecule has 1 unspecified atom stereocenters. The van der Waals surface area contributed by atoms with Gasteiger partial charge in [-0.15, -0.1) is 0 Å². The predicted octanol–water partition coefficient (Wildman–Crippen LogP) is 1.58. The van der Waals surface area contributed by atoms with E-state index in [-0.39, 0.29) is 0 Å². The number of hydrogen-bond acceptors (Lipinski definition) is 3. The van der Waals surface area contributed by atoms with Crippen LogP contribution >= 0.6 is 0 Å². The molecule has 5 heteroatoms. The maximum Gasteiger partial charge on any atom is 0.0620 e. The zero-order valence-electron chi connectivity index (χ0n) is 9.67. The molecule has 1 atom stereocenters. The Balaban J connectivity index is 2.07. The van der Waals surface area contributed by atoms with Crippen molar-refractivity contribution in [2.45, 2.75) is 18.4 Å². The summed E-state index contributed by atoms with van der Waals surface area (Å²) in [5.41, 5.74) is 7.52.